The van der Waals surface area contributed by atoms with Gasteiger partial charge in [-0.15, -0.1) is 0 Å². The van der Waals surface area contributed by atoms with Gasteiger partial charge < -0.3 is 20.3 Å². The summed E-state index contributed by atoms with van der Waals surface area (Å²) in [5.41, 5.74) is 0. The number of rotatable bonds is 28. The molecule has 0 bridgehead atoms. The first-order valence-electron chi connectivity index (χ1n) is 14.7. The number of carboxylic acid groups (broad SMARTS) is 2. The van der Waals surface area contributed by atoms with Gasteiger partial charge >= 0.3 is 11.9 Å². The van der Waals surface area contributed by atoms with Gasteiger partial charge in [0.25, 0.3) is 0 Å². The molecule has 37 heavy (non-hydrogen) atoms. The third kappa shape index (κ3) is 25.5. The summed E-state index contributed by atoms with van der Waals surface area (Å²) in [7, 11) is 0. The molecule has 8 heteroatoms. The average Bonchev–Trinajstić information content (AvgIpc) is 2.85. The zero-order valence-electron chi connectivity index (χ0n) is 23.3. The van der Waals surface area contributed by atoms with Crippen LogP contribution in [0.5, 0.6) is 0 Å². The Morgan fingerprint density at radius 1 is 0.622 bits per heavy atom. The van der Waals surface area contributed by atoms with Crippen LogP contribution in [0.25, 0.3) is 0 Å². The van der Waals surface area contributed by atoms with Crippen molar-refractivity contribution in [3.63, 3.8) is 0 Å². The number of ether oxygens (including phenoxy) is 1. The Kier molecular flexibility index (Phi) is 24.3. The van der Waals surface area contributed by atoms with Crippen molar-refractivity contribution < 1.29 is 34.1 Å². The number of hydrogen-bond donors (Lipinski definition) is 3. The highest BCUT2D eigenvalue weighted by Crippen LogP contribution is 2.14. The smallest absolute Gasteiger partial charge is 0.326 e. The molecule has 0 aromatic rings. The SMILES string of the molecule is CCCOCCCC(=O)CC[C@H](NC(=O)CCCCCCCCCCCCCCCCC(=O)O)C(=O)O. The molecule has 8 nitrogen and oxygen atoms in total. The van der Waals surface area contributed by atoms with Crippen molar-refractivity contribution in [1.82, 2.24) is 5.32 Å². The maximum absolute atomic E-state index is 12.1. The Labute approximate surface area is 224 Å². The highest BCUT2D eigenvalue weighted by molar-refractivity contribution is 5.84. The molecule has 1 amide bonds. The van der Waals surface area contributed by atoms with Crippen molar-refractivity contribution in [1.29, 1.82) is 0 Å². The fourth-order valence-corrected chi connectivity index (χ4v) is 4.26. The van der Waals surface area contributed by atoms with Crippen molar-refractivity contribution in [3.05, 3.63) is 0 Å². The maximum Gasteiger partial charge on any atom is 0.326 e. The van der Waals surface area contributed by atoms with Gasteiger partial charge in [-0.2, -0.15) is 0 Å². The standard InChI is InChI=1S/C29H53NO7/c1-2-23-37-24-17-18-25(31)21-22-26(29(35)36)30-27(32)19-15-13-11-9-7-5-3-4-6-8-10-12-14-16-20-28(33)34/h26H,2-24H2,1H3,(H,30,32)(H,33,34)(H,35,36)/t26-/m0/s1. The van der Waals surface area contributed by atoms with E-state index in [1.807, 2.05) is 6.92 Å². The summed E-state index contributed by atoms with van der Waals surface area (Å²) in [6, 6.07) is -1.01. The average molecular weight is 528 g/mol. The van der Waals surface area contributed by atoms with Crippen LogP contribution in [-0.2, 0) is 23.9 Å². The number of carbonyl (C=O) groups excluding carboxylic acids is 2. The van der Waals surface area contributed by atoms with E-state index in [0.717, 1.165) is 51.4 Å². The quantitative estimate of drug-likeness (QED) is 0.0998. The number of unbranched alkanes of at least 4 members (excludes halogenated alkanes) is 13. The summed E-state index contributed by atoms with van der Waals surface area (Å²) < 4.78 is 5.34. The lowest BCUT2D eigenvalue weighted by Crippen LogP contribution is -2.41. The first-order chi connectivity index (χ1) is 17.9. The number of ketones is 1. The molecule has 0 rings (SSSR count). The predicted molar refractivity (Wildman–Crippen MR) is 146 cm³/mol. The molecule has 0 radical (unpaired) electrons. The summed E-state index contributed by atoms with van der Waals surface area (Å²) in [5, 5.41) is 20.5. The zero-order valence-corrected chi connectivity index (χ0v) is 23.3. The number of carbonyl (C=O) groups is 4. The van der Waals surface area contributed by atoms with Crippen LogP contribution in [-0.4, -0.2) is 53.1 Å². The Hall–Kier alpha value is -1.96. The third-order valence-corrected chi connectivity index (χ3v) is 6.48. The summed E-state index contributed by atoms with van der Waals surface area (Å²) in [5.74, 6) is -2.04. The first kappa shape index (κ1) is 35.0. The fraction of sp³-hybridized carbons (Fsp3) is 0.862. The molecular weight excluding hydrogens is 474 g/mol. The minimum Gasteiger partial charge on any atom is -0.481 e. The van der Waals surface area contributed by atoms with Crippen LogP contribution >= 0.6 is 0 Å². The molecule has 0 aromatic carbocycles. The van der Waals surface area contributed by atoms with Crippen LogP contribution in [0.1, 0.15) is 142 Å². The molecule has 0 saturated carbocycles. The van der Waals surface area contributed by atoms with Crippen LogP contribution in [0, 0.1) is 0 Å². The molecule has 0 saturated heterocycles. The highest BCUT2D eigenvalue weighted by atomic mass is 16.5. The van der Waals surface area contributed by atoms with Crippen molar-refractivity contribution in [2.24, 2.45) is 0 Å². The molecule has 216 valence electrons. The number of hydrogen-bond acceptors (Lipinski definition) is 5. The number of aliphatic carboxylic acids is 2. The molecular formula is C29H53NO7. The number of Topliss-reactive ketones (excluding diaryl/α,β-unsaturated/α-hetero) is 1. The monoisotopic (exact) mass is 527 g/mol. The normalized spacial score (nSPS) is 11.8. The van der Waals surface area contributed by atoms with Gasteiger partial charge in [0.1, 0.15) is 11.8 Å². The molecule has 0 aliphatic rings. The Morgan fingerprint density at radius 2 is 1.11 bits per heavy atom. The van der Waals surface area contributed by atoms with E-state index in [2.05, 4.69) is 5.32 Å². The van der Waals surface area contributed by atoms with E-state index in [9.17, 15) is 24.3 Å². The number of nitrogens with one attached hydrogen (secondary N) is 1. The minimum absolute atomic E-state index is 0.00515. The summed E-state index contributed by atoms with van der Waals surface area (Å²) in [6.45, 7) is 3.25. The lowest BCUT2D eigenvalue weighted by Gasteiger charge is -2.14. The van der Waals surface area contributed by atoms with Crippen molar-refractivity contribution in [2.75, 3.05) is 13.2 Å². The van der Waals surface area contributed by atoms with Crippen LogP contribution in [0.3, 0.4) is 0 Å². The van der Waals surface area contributed by atoms with Gasteiger partial charge in [-0.1, -0.05) is 84.0 Å². The predicted octanol–water partition coefficient (Wildman–Crippen LogP) is 6.44. The molecule has 0 aliphatic carbocycles. The first-order valence-corrected chi connectivity index (χ1v) is 14.7. The molecule has 3 N–H and O–H groups in total. The second-order valence-electron chi connectivity index (χ2n) is 10.1. The van der Waals surface area contributed by atoms with E-state index >= 15 is 0 Å². The second-order valence-corrected chi connectivity index (χ2v) is 10.1. The summed E-state index contributed by atoms with van der Waals surface area (Å²) in [4.78, 5) is 46.0. The summed E-state index contributed by atoms with van der Waals surface area (Å²) >= 11 is 0. The molecule has 0 fully saturated rings. The number of carboxylic acids is 2. The number of amides is 1. The van der Waals surface area contributed by atoms with Gasteiger partial charge in [0.15, 0.2) is 0 Å². The molecule has 0 heterocycles. The van der Waals surface area contributed by atoms with Crippen LogP contribution < -0.4 is 5.32 Å². The van der Waals surface area contributed by atoms with Crippen LogP contribution in [0.2, 0.25) is 0 Å². The van der Waals surface area contributed by atoms with Gasteiger partial charge in [-0.25, -0.2) is 4.79 Å². The van der Waals surface area contributed by atoms with Gasteiger partial charge in [0.2, 0.25) is 5.91 Å². The second kappa shape index (κ2) is 25.7. The van der Waals surface area contributed by atoms with E-state index in [0.29, 0.717) is 32.5 Å². The van der Waals surface area contributed by atoms with Gasteiger partial charge in [-0.3, -0.25) is 14.4 Å². The van der Waals surface area contributed by atoms with E-state index in [-0.39, 0.29) is 31.0 Å². The Bertz CT molecular complexity index is 609. The van der Waals surface area contributed by atoms with Crippen molar-refractivity contribution in [3.8, 4) is 0 Å². The van der Waals surface area contributed by atoms with E-state index in [1.54, 1.807) is 0 Å². The highest BCUT2D eigenvalue weighted by Gasteiger charge is 2.20. The van der Waals surface area contributed by atoms with Crippen molar-refractivity contribution in [2.45, 2.75) is 148 Å². The Balaban J connectivity index is 3.62. The molecule has 0 spiro atoms. The third-order valence-electron chi connectivity index (χ3n) is 6.48. The maximum atomic E-state index is 12.1. The fourth-order valence-electron chi connectivity index (χ4n) is 4.26. The summed E-state index contributed by atoms with van der Waals surface area (Å²) in [6.07, 6.45) is 18.4. The Morgan fingerprint density at radius 3 is 1.57 bits per heavy atom. The lowest BCUT2D eigenvalue weighted by molar-refractivity contribution is -0.142. The van der Waals surface area contributed by atoms with E-state index in [4.69, 9.17) is 9.84 Å². The van der Waals surface area contributed by atoms with Crippen LogP contribution in [0.4, 0.5) is 0 Å². The van der Waals surface area contributed by atoms with Crippen LogP contribution in [0.15, 0.2) is 0 Å². The van der Waals surface area contributed by atoms with E-state index < -0.39 is 18.0 Å². The molecule has 0 aromatic heterocycles. The van der Waals surface area contributed by atoms with E-state index in [1.165, 1.54) is 44.9 Å². The molecule has 0 unspecified atom stereocenters. The van der Waals surface area contributed by atoms with Gasteiger partial charge in [-0.05, 0) is 32.1 Å². The van der Waals surface area contributed by atoms with Gasteiger partial charge in [0.05, 0.1) is 0 Å². The molecule has 0 aliphatic heterocycles. The van der Waals surface area contributed by atoms with Crippen molar-refractivity contribution >= 4 is 23.6 Å². The topological polar surface area (TPSA) is 130 Å². The minimum atomic E-state index is -1.09. The molecule has 1 atom stereocenters. The zero-order chi connectivity index (χ0) is 27.6. The lowest BCUT2D eigenvalue weighted by atomic mass is 10.0. The van der Waals surface area contributed by atoms with Gasteiger partial charge in [0, 0.05) is 38.9 Å². The largest absolute Gasteiger partial charge is 0.481 e.